The van der Waals surface area contributed by atoms with E-state index in [1.807, 2.05) is 0 Å². The molecule has 1 aromatic rings. The fourth-order valence-corrected chi connectivity index (χ4v) is 4.46. The van der Waals surface area contributed by atoms with Crippen LogP contribution in [0.5, 0.6) is 5.75 Å². The standard InChI is InChI=1S/C16H24N2O5S/c1-23-14-5-3-6-15(12-14)24(21,22)18-10-8-13(9-11-18)4-2-7-16(19)17-20/h3,5-6,12-13,20H,2,4,7-11H2,1H3,(H,17,19). The van der Waals surface area contributed by atoms with Crippen molar-refractivity contribution in [2.75, 3.05) is 20.2 Å². The van der Waals surface area contributed by atoms with Crippen molar-refractivity contribution < 1.29 is 23.2 Å². The number of benzene rings is 1. The number of hydrogen-bond donors (Lipinski definition) is 2. The lowest BCUT2D eigenvalue weighted by Crippen LogP contribution is -2.38. The van der Waals surface area contributed by atoms with Crippen LogP contribution in [0, 0.1) is 5.92 Å². The van der Waals surface area contributed by atoms with Gasteiger partial charge >= 0.3 is 0 Å². The number of nitrogens with one attached hydrogen (secondary N) is 1. The van der Waals surface area contributed by atoms with E-state index in [-0.39, 0.29) is 10.8 Å². The van der Waals surface area contributed by atoms with E-state index >= 15 is 0 Å². The SMILES string of the molecule is COc1cccc(S(=O)(=O)N2CCC(CCCC(=O)NO)CC2)c1. The van der Waals surface area contributed by atoms with Crippen molar-refractivity contribution in [3.05, 3.63) is 24.3 Å². The number of hydrogen-bond acceptors (Lipinski definition) is 5. The van der Waals surface area contributed by atoms with Crippen molar-refractivity contribution in [1.29, 1.82) is 0 Å². The largest absolute Gasteiger partial charge is 0.497 e. The molecule has 1 aromatic carbocycles. The van der Waals surface area contributed by atoms with E-state index in [1.165, 1.54) is 17.5 Å². The number of piperidine rings is 1. The Morgan fingerprint density at radius 1 is 1.38 bits per heavy atom. The smallest absolute Gasteiger partial charge is 0.243 e. The van der Waals surface area contributed by atoms with Crippen LogP contribution in [0.15, 0.2) is 29.2 Å². The maximum absolute atomic E-state index is 12.7. The second-order valence-electron chi connectivity index (χ2n) is 5.95. The Hall–Kier alpha value is -1.64. The highest BCUT2D eigenvalue weighted by atomic mass is 32.2. The molecule has 0 saturated carbocycles. The Morgan fingerprint density at radius 3 is 2.71 bits per heavy atom. The molecule has 0 radical (unpaired) electrons. The minimum Gasteiger partial charge on any atom is -0.497 e. The molecule has 0 aromatic heterocycles. The van der Waals surface area contributed by atoms with Crippen LogP contribution in [0.1, 0.15) is 32.1 Å². The Bertz CT molecular complexity index is 654. The average molecular weight is 356 g/mol. The highest BCUT2D eigenvalue weighted by Gasteiger charge is 2.29. The van der Waals surface area contributed by atoms with E-state index in [4.69, 9.17) is 9.94 Å². The highest BCUT2D eigenvalue weighted by Crippen LogP contribution is 2.28. The summed E-state index contributed by atoms with van der Waals surface area (Å²) in [6.45, 7) is 0.965. The summed E-state index contributed by atoms with van der Waals surface area (Å²) in [6.07, 6.45) is 3.41. The van der Waals surface area contributed by atoms with Crippen molar-refractivity contribution in [2.45, 2.75) is 37.0 Å². The third-order valence-corrected chi connectivity index (χ3v) is 6.29. The predicted molar refractivity (Wildman–Crippen MR) is 88.3 cm³/mol. The minimum absolute atomic E-state index is 0.250. The summed E-state index contributed by atoms with van der Waals surface area (Å²) in [4.78, 5) is 11.2. The highest BCUT2D eigenvalue weighted by molar-refractivity contribution is 7.89. The molecule has 0 spiro atoms. The van der Waals surface area contributed by atoms with Crippen LogP contribution in [0.3, 0.4) is 0 Å². The third-order valence-electron chi connectivity index (χ3n) is 4.39. The molecule has 1 aliphatic heterocycles. The Labute approximate surface area is 142 Å². The molecule has 134 valence electrons. The molecule has 2 N–H and O–H groups in total. The van der Waals surface area contributed by atoms with Crippen molar-refractivity contribution in [3.63, 3.8) is 0 Å². The molecular weight excluding hydrogens is 332 g/mol. The second kappa shape index (κ2) is 8.46. The van der Waals surface area contributed by atoms with Gasteiger partial charge in [-0.2, -0.15) is 4.31 Å². The molecule has 24 heavy (non-hydrogen) atoms. The minimum atomic E-state index is -3.50. The van der Waals surface area contributed by atoms with Gasteiger partial charge in [0.2, 0.25) is 15.9 Å². The number of carbonyl (C=O) groups is 1. The summed E-state index contributed by atoms with van der Waals surface area (Å²) in [6, 6.07) is 6.50. The van der Waals surface area contributed by atoms with Gasteiger partial charge < -0.3 is 4.74 Å². The van der Waals surface area contributed by atoms with Crippen LogP contribution in [0.4, 0.5) is 0 Å². The maximum Gasteiger partial charge on any atom is 0.243 e. The van der Waals surface area contributed by atoms with Gasteiger partial charge in [-0.3, -0.25) is 10.0 Å². The van der Waals surface area contributed by atoms with Crippen LogP contribution in [0.2, 0.25) is 0 Å². The van der Waals surface area contributed by atoms with Gasteiger partial charge in [0.05, 0.1) is 12.0 Å². The maximum atomic E-state index is 12.7. The van der Waals surface area contributed by atoms with E-state index in [1.54, 1.807) is 23.7 Å². The topological polar surface area (TPSA) is 95.9 Å². The Morgan fingerprint density at radius 2 is 2.08 bits per heavy atom. The van der Waals surface area contributed by atoms with E-state index in [0.717, 1.165) is 19.3 Å². The number of carbonyl (C=O) groups excluding carboxylic acids is 1. The number of hydroxylamine groups is 1. The normalized spacial score (nSPS) is 16.8. The zero-order valence-electron chi connectivity index (χ0n) is 13.8. The average Bonchev–Trinajstić information content (AvgIpc) is 2.62. The summed E-state index contributed by atoms with van der Waals surface area (Å²) in [7, 11) is -1.99. The summed E-state index contributed by atoms with van der Waals surface area (Å²) < 4.78 is 32.0. The van der Waals surface area contributed by atoms with Crippen LogP contribution < -0.4 is 10.2 Å². The molecule has 1 heterocycles. The van der Waals surface area contributed by atoms with E-state index in [9.17, 15) is 13.2 Å². The van der Waals surface area contributed by atoms with Gasteiger partial charge in [-0.1, -0.05) is 6.07 Å². The van der Waals surface area contributed by atoms with Crippen LogP contribution in [-0.4, -0.2) is 44.0 Å². The molecule has 0 unspecified atom stereocenters. The second-order valence-corrected chi connectivity index (χ2v) is 7.89. The van der Waals surface area contributed by atoms with E-state index < -0.39 is 10.0 Å². The van der Waals surface area contributed by atoms with Gasteiger partial charge in [-0.25, -0.2) is 13.9 Å². The molecule has 1 amide bonds. The fraction of sp³-hybridized carbons (Fsp3) is 0.562. The summed E-state index contributed by atoms with van der Waals surface area (Å²) >= 11 is 0. The first kappa shape index (κ1) is 18.7. The summed E-state index contributed by atoms with van der Waals surface area (Å²) in [5, 5.41) is 8.46. The molecule has 0 bridgehead atoms. The first-order valence-electron chi connectivity index (χ1n) is 8.04. The molecule has 2 rings (SSSR count). The van der Waals surface area contributed by atoms with Crippen LogP contribution in [-0.2, 0) is 14.8 Å². The van der Waals surface area contributed by atoms with Gasteiger partial charge in [0.1, 0.15) is 5.75 Å². The number of sulfonamides is 1. The van der Waals surface area contributed by atoms with Crippen molar-refractivity contribution in [1.82, 2.24) is 9.79 Å². The number of amides is 1. The van der Waals surface area contributed by atoms with Gasteiger partial charge in [0, 0.05) is 25.6 Å². The molecule has 0 aliphatic carbocycles. The van der Waals surface area contributed by atoms with Crippen LogP contribution >= 0.6 is 0 Å². The molecule has 8 heteroatoms. The number of nitrogens with zero attached hydrogens (tertiary/aromatic N) is 1. The number of methoxy groups -OCH3 is 1. The number of ether oxygens (including phenoxy) is 1. The Balaban J connectivity index is 1.90. The lowest BCUT2D eigenvalue weighted by Gasteiger charge is -2.31. The predicted octanol–water partition coefficient (Wildman–Crippen LogP) is 1.77. The van der Waals surface area contributed by atoms with Gasteiger partial charge in [-0.05, 0) is 43.7 Å². The van der Waals surface area contributed by atoms with Gasteiger partial charge in [-0.15, -0.1) is 0 Å². The molecule has 1 aliphatic rings. The molecular formula is C16H24N2O5S. The summed E-state index contributed by atoms with van der Waals surface area (Å²) in [5.41, 5.74) is 1.62. The zero-order valence-corrected chi connectivity index (χ0v) is 14.6. The monoisotopic (exact) mass is 356 g/mol. The van der Waals surface area contributed by atoms with E-state index in [0.29, 0.717) is 37.6 Å². The summed E-state index contributed by atoms with van der Waals surface area (Å²) in [5.74, 6) is 0.550. The molecule has 7 nitrogen and oxygen atoms in total. The number of rotatable bonds is 7. The zero-order chi connectivity index (χ0) is 17.6. The molecule has 1 fully saturated rings. The first-order chi connectivity index (χ1) is 11.5. The van der Waals surface area contributed by atoms with E-state index in [2.05, 4.69) is 0 Å². The molecule has 1 saturated heterocycles. The fourth-order valence-electron chi connectivity index (χ4n) is 2.96. The van der Waals surface area contributed by atoms with Gasteiger partial charge in [0.15, 0.2) is 0 Å². The first-order valence-corrected chi connectivity index (χ1v) is 9.48. The van der Waals surface area contributed by atoms with Crippen molar-refractivity contribution in [3.8, 4) is 5.75 Å². The quantitative estimate of drug-likeness (QED) is 0.573. The lowest BCUT2D eigenvalue weighted by molar-refractivity contribution is -0.129. The lowest BCUT2D eigenvalue weighted by atomic mass is 9.92. The van der Waals surface area contributed by atoms with Crippen molar-refractivity contribution >= 4 is 15.9 Å². The third kappa shape index (κ3) is 4.68. The van der Waals surface area contributed by atoms with Crippen molar-refractivity contribution in [2.24, 2.45) is 5.92 Å². The molecule has 0 atom stereocenters. The Kier molecular flexibility index (Phi) is 6.59. The van der Waals surface area contributed by atoms with Gasteiger partial charge in [0.25, 0.3) is 0 Å². The van der Waals surface area contributed by atoms with Crippen LogP contribution in [0.25, 0.3) is 0 Å².